The zero-order valence-corrected chi connectivity index (χ0v) is 7.00. The van der Waals surface area contributed by atoms with Crippen LogP contribution in [0.3, 0.4) is 0 Å². The molecule has 0 aromatic carbocycles. The topological polar surface area (TPSA) is 0 Å². The van der Waals surface area contributed by atoms with E-state index in [0.717, 1.165) is 23.7 Å². The standard InChI is InChI=1S/C11H16/c1-2-5-9-10-6-3-7-11(9)8(10)4-1/h3,6,8-11H,1-2,4-5,7H2. The molecule has 0 aromatic heterocycles. The van der Waals surface area contributed by atoms with Crippen molar-refractivity contribution in [3.63, 3.8) is 0 Å². The Morgan fingerprint density at radius 3 is 2.18 bits per heavy atom. The molecule has 4 aliphatic rings. The maximum atomic E-state index is 2.51. The van der Waals surface area contributed by atoms with Crippen LogP contribution in [0.25, 0.3) is 0 Å². The molecule has 2 unspecified atom stereocenters. The van der Waals surface area contributed by atoms with Crippen molar-refractivity contribution in [2.75, 3.05) is 0 Å². The van der Waals surface area contributed by atoms with Crippen LogP contribution in [-0.4, -0.2) is 0 Å². The Bertz CT molecular complexity index is 178. The van der Waals surface area contributed by atoms with Crippen molar-refractivity contribution in [1.29, 1.82) is 0 Å². The molecular formula is C11H16. The van der Waals surface area contributed by atoms with Gasteiger partial charge in [-0.25, -0.2) is 0 Å². The predicted molar refractivity (Wildman–Crippen MR) is 46.2 cm³/mol. The molecule has 4 bridgehead atoms. The van der Waals surface area contributed by atoms with Crippen molar-refractivity contribution in [3.8, 4) is 0 Å². The van der Waals surface area contributed by atoms with Crippen LogP contribution in [-0.2, 0) is 0 Å². The van der Waals surface area contributed by atoms with Crippen molar-refractivity contribution in [2.45, 2.75) is 32.1 Å². The third-order valence-corrected chi connectivity index (χ3v) is 4.18. The molecule has 2 atom stereocenters. The van der Waals surface area contributed by atoms with E-state index in [9.17, 15) is 0 Å². The summed E-state index contributed by atoms with van der Waals surface area (Å²) in [6, 6.07) is 0. The monoisotopic (exact) mass is 148 g/mol. The highest BCUT2D eigenvalue weighted by Crippen LogP contribution is 2.57. The summed E-state index contributed by atoms with van der Waals surface area (Å²) in [7, 11) is 0. The maximum absolute atomic E-state index is 2.51. The molecule has 0 heteroatoms. The number of fused-ring (bicyclic) bond motifs is 1. The first-order valence-corrected chi connectivity index (χ1v) is 5.13. The molecule has 0 aromatic rings. The van der Waals surface area contributed by atoms with E-state index in [4.69, 9.17) is 0 Å². The summed E-state index contributed by atoms with van der Waals surface area (Å²) in [6.45, 7) is 0. The average molecular weight is 148 g/mol. The Hall–Kier alpha value is -0.260. The largest absolute Gasteiger partial charge is 0.0879 e. The van der Waals surface area contributed by atoms with Crippen LogP contribution in [0, 0.1) is 23.7 Å². The van der Waals surface area contributed by atoms with Crippen LogP contribution in [0.1, 0.15) is 32.1 Å². The Labute approximate surface area is 68.7 Å². The second kappa shape index (κ2) is 2.12. The summed E-state index contributed by atoms with van der Waals surface area (Å²) in [6.07, 6.45) is 12.5. The Kier molecular flexibility index (Phi) is 1.21. The van der Waals surface area contributed by atoms with Gasteiger partial charge >= 0.3 is 0 Å². The Morgan fingerprint density at radius 2 is 1.64 bits per heavy atom. The summed E-state index contributed by atoms with van der Waals surface area (Å²) in [5.74, 6) is 4.38. The average Bonchev–Trinajstić information content (AvgIpc) is 2.39. The Balaban J connectivity index is 1.91. The second-order valence-electron chi connectivity index (χ2n) is 4.52. The van der Waals surface area contributed by atoms with Crippen molar-refractivity contribution in [2.24, 2.45) is 23.7 Å². The lowest BCUT2D eigenvalue weighted by Crippen LogP contribution is -2.46. The molecule has 0 amide bonds. The zero-order chi connectivity index (χ0) is 7.26. The van der Waals surface area contributed by atoms with Gasteiger partial charge in [-0.3, -0.25) is 0 Å². The highest BCUT2D eigenvalue weighted by molar-refractivity contribution is 5.13. The molecule has 4 aliphatic carbocycles. The first-order valence-electron chi connectivity index (χ1n) is 5.13. The fourth-order valence-corrected chi connectivity index (χ4v) is 3.66. The van der Waals surface area contributed by atoms with Gasteiger partial charge in [-0.15, -0.1) is 0 Å². The molecule has 0 heterocycles. The van der Waals surface area contributed by atoms with E-state index >= 15 is 0 Å². The van der Waals surface area contributed by atoms with Crippen LogP contribution in [0.5, 0.6) is 0 Å². The lowest BCUT2D eigenvalue weighted by Gasteiger charge is -2.52. The smallest absolute Gasteiger partial charge is 0.0171 e. The molecule has 0 radical (unpaired) electrons. The molecule has 0 N–H and O–H groups in total. The summed E-state index contributed by atoms with van der Waals surface area (Å²) < 4.78 is 0. The predicted octanol–water partition coefficient (Wildman–Crippen LogP) is 3.00. The van der Waals surface area contributed by atoms with Gasteiger partial charge in [-0.05, 0) is 42.9 Å². The SMILES string of the molecule is C1=CC2C3CCCCC2C3C1. The lowest BCUT2D eigenvalue weighted by molar-refractivity contribution is 0.00524. The second-order valence-corrected chi connectivity index (χ2v) is 4.52. The van der Waals surface area contributed by atoms with E-state index in [-0.39, 0.29) is 0 Å². The van der Waals surface area contributed by atoms with Crippen molar-refractivity contribution < 1.29 is 0 Å². The Morgan fingerprint density at radius 1 is 0.909 bits per heavy atom. The van der Waals surface area contributed by atoms with Crippen molar-refractivity contribution >= 4 is 0 Å². The molecule has 11 heavy (non-hydrogen) atoms. The molecule has 2 fully saturated rings. The van der Waals surface area contributed by atoms with Crippen molar-refractivity contribution in [1.82, 2.24) is 0 Å². The zero-order valence-electron chi connectivity index (χ0n) is 7.00. The first kappa shape index (κ1) is 6.28. The van der Waals surface area contributed by atoms with Crippen LogP contribution < -0.4 is 0 Å². The molecule has 0 nitrogen and oxygen atoms in total. The van der Waals surface area contributed by atoms with Gasteiger partial charge in [0.2, 0.25) is 0 Å². The minimum absolute atomic E-state index is 1.02. The molecule has 0 spiro atoms. The fraction of sp³-hybridized carbons (Fsp3) is 0.818. The van der Waals surface area contributed by atoms with Gasteiger partial charge in [0.15, 0.2) is 0 Å². The van der Waals surface area contributed by atoms with E-state index in [2.05, 4.69) is 12.2 Å². The number of allylic oxidation sites excluding steroid dienone is 2. The van der Waals surface area contributed by atoms with Gasteiger partial charge in [-0.1, -0.05) is 25.0 Å². The number of rotatable bonds is 0. The van der Waals surface area contributed by atoms with Gasteiger partial charge in [-0.2, -0.15) is 0 Å². The van der Waals surface area contributed by atoms with E-state index < -0.39 is 0 Å². The normalized spacial score (nSPS) is 53.1. The molecule has 2 saturated carbocycles. The summed E-state index contributed by atoms with van der Waals surface area (Å²) in [4.78, 5) is 0. The van der Waals surface area contributed by atoms with Crippen LogP contribution in [0.2, 0.25) is 0 Å². The van der Waals surface area contributed by atoms with Crippen LogP contribution in [0.4, 0.5) is 0 Å². The third kappa shape index (κ3) is 0.706. The highest BCUT2D eigenvalue weighted by Gasteiger charge is 2.50. The summed E-state index contributed by atoms with van der Waals surface area (Å²) in [5, 5.41) is 0. The van der Waals surface area contributed by atoms with Gasteiger partial charge in [0.05, 0.1) is 0 Å². The van der Waals surface area contributed by atoms with E-state index in [1.54, 1.807) is 0 Å². The van der Waals surface area contributed by atoms with Crippen LogP contribution >= 0.6 is 0 Å². The first-order chi connectivity index (χ1) is 5.47. The van der Waals surface area contributed by atoms with E-state index in [1.165, 1.54) is 32.1 Å². The van der Waals surface area contributed by atoms with E-state index in [0.29, 0.717) is 0 Å². The number of hydrogen-bond donors (Lipinski definition) is 0. The van der Waals surface area contributed by atoms with Gasteiger partial charge in [0, 0.05) is 0 Å². The quantitative estimate of drug-likeness (QED) is 0.463. The van der Waals surface area contributed by atoms with Gasteiger partial charge < -0.3 is 0 Å². The van der Waals surface area contributed by atoms with Gasteiger partial charge in [0.25, 0.3) is 0 Å². The fourth-order valence-electron chi connectivity index (χ4n) is 3.66. The lowest BCUT2D eigenvalue weighted by atomic mass is 9.52. The summed E-state index contributed by atoms with van der Waals surface area (Å²) in [5.41, 5.74) is 0. The number of hydrogen-bond acceptors (Lipinski definition) is 0. The molecule has 0 aliphatic heterocycles. The molecular weight excluding hydrogens is 132 g/mol. The van der Waals surface area contributed by atoms with Gasteiger partial charge in [0.1, 0.15) is 0 Å². The summed E-state index contributed by atoms with van der Waals surface area (Å²) >= 11 is 0. The molecule has 0 saturated heterocycles. The minimum Gasteiger partial charge on any atom is -0.0879 e. The van der Waals surface area contributed by atoms with Crippen molar-refractivity contribution in [3.05, 3.63) is 12.2 Å². The maximum Gasteiger partial charge on any atom is -0.0171 e. The molecule has 60 valence electrons. The van der Waals surface area contributed by atoms with Crippen LogP contribution in [0.15, 0.2) is 12.2 Å². The minimum atomic E-state index is 1.02. The highest BCUT2D eigenvalue weighted by atomic mass is 14.5. The molecule has 4 rings (SSSR count). The third-order valence-electron chi connectivity index (χ3n) is 4.18. The van der Waals surface area contributed by atoms with E-state index in [1.807, 2.05) is 0 Å².